The van der Waals surface area contributed by atoms with Gasteiger partial charge in [-0.3, -0.25) is 4.90 Å². The van der Waals surface area contributed by atoms with Gasteiger partial charge in [0.15, 0.2) is 5.65 Å². The average Bonchev–Trinajstić information content (AvgIpc) is 3.41. The fourth-order valence-corrected chi connectivity index (χ4v) is 5.79. The van der Waals surface area contributed by atoms with Crippen molar-refractivity contribution in [1.29, 1.82) is 0 Å². The number of aliphatic hydroxyl groups is 1. The van der Waals surface area contributed by atoms with E-state index >= 15 is 0 Å². The van der Waals surface area contributed by atoms with Crippen LogP contribution in [0.2, 0.25) is 0 Å². The SMILES string of the molecule is N[C@H]1CC[C@H](Nc2c3c(nc4c(Br)cnn24)C2(CCCC2)N(CCO)C3)C1. The molecule has 1 aliphatic heterocycles. The van der Waals surface area contributed by atoms with Gasteiger partial charge in [-0.05, 0) is 48.0 Å². The Morgan fingerprint density at radius 3 is 2.85 bits per heavy atom. The van der Waals surface area contributed by atoms with Gasteiger partial charge in [-0.1, -0.05) is 12.8 Å². The molecular formula is C19H27BrN6O. The lowest BCUT2D eigenvalue weighted by molar-refractivity contribution is 0.0799. The zero-order valence-corrected chi connectivity index (χ0v) is 17.1. The van der Waals surface area contributed by atoms with Crippen LogP contribution in [0, 0.1) is 0 Å². The molecule has 0 unspecified atom stereocenters. The van der Waals surface area contributed by atoms with Crippen molar-refractivity contribution in [3.05, 3.63) is 21.9 Å². The summed E-state index contributed by atoms with van der Waals surface area (Å²) in [5, 5.41) is 18.0. The molecule has 3 heterocycles. The van der Waals surface area contributed by atoms with Gasteiger partial charge in [-0.2, -0.15) is 9.61 Å². The standard InChI is InChI=1S/C19H27BrN6O/c20-15-10-22-26-17(23-13-4-3-12(21)9-13)14-11-25(7-8-27)19(5-1-2-6-19)16(14)24-18(15)26/h10,12-13,23,27H,1-9,11,21H2/t12-,13-/m0/s1. The molecule has 2 fully saturated rings. The molecule has 5 rings (SSSR count). The summed E-state index contributed by atoms with van der Waals surface area (Å²) in [4.78, 5) is 7.54. The Kier molecular flexibility index (Phi) is 4.42. The number of aromatic nitrogens is 3. The highest BCUT2D eigenvalue weighted by Crippen LogP contribution is 2.51. The Bertz CT molecular complexity index is 861. The van der Waals surface area contributed by atoms with E-state index in [4.69, 9.17) is 10.7 Å². The van der Waals surface area contributed by atoms with E-state index in [0.717, 1.165) is 54.6 Å². The van der Waals surface area contributed by atoms with Crippen molar-refractivity contribution in [2.24, 2.45) is 5.73 Å². The van der Waals surface area contributed by atoms with Gasteiger partial charge in [0.1, 0.15) is 5.82 Å². The molecule has 3 aliphatic rings. The molecular weight excluding hydrogens is 408 g/mol. The minimum atomic E-state index is -0.0357. The van der Waals surface area contributed by atoms with Crippen molar-refractivity contribution in [3.63, 3.8) is 0 Å². The summed E-state index contributed by atoms with van der Waals surface area (Å²) < 4.78 is 2.86. The lowest BCUT2D eigenvalue weighted by Crippen LogP contribution is -2.40. The van der Waals surface area contributed by atoms with Crippen molar-refractivity contribution >= 4 is 27.4 Å². The van der Waals surface area contributed by atoms with Crippen LogP contribution in [0.5, 0.6) is 0 Å². The molecule has 7 nitrogen and oxygen atoms in total. The molecule has 0 radical (unpaired) electrons. The number of aliphatic hydroxyl groups excluding tert-OH is 1. The van der Waals surface area contributed by atoms with E-state index in [-0.39, 0.29) is 18.2 Å². The van der Waals surface area contributed by atoms with E-state index in [1.54, 1.807) is 0 Å². The van der Waals surface area contributed by atoms with Gasteiger partial charge < -0.3 is 16.2 Å². The third kappa shape index (κ3) is 2.72. The van der Waals surface area contributed by atoms with Crippen molar-refractivity contribution in [2.45, 2.75) is 69.1 Å². The second-order valence-electron chi connectivity index (χ2n) is 8.31. The molecule has 0 aromatic carbocycles. The maximum atomic E-state index is 9.65. The maximum absolute atomic E-state index is 9.65. The van der Waals surface area contributed by atoms with Gasteiger partial charge in [0.25, 0.3) is 0 Å². The first-order valence-corrected chi connectivity index (χ1v) is 10.9. The zero-order chi connectivity index (χ0) is 18.6. The summed E-state index contributed by atoms with van der Waals surface area (Å²) in [7, 11) is 0. The number of hydrogen-bond donors (Lipinski definition) is 3. The van der Waals surface area contributed by atoms with Crippen LogP contribution < -0.4 is 11.1 Å². The highest BCUT2D eigenvalue weighted by Gasteiger charge is 2.49. The van der Waals surface area contributed by atoms with Crippen LogP contribution in [0.4, 0.5) is 5.82 Å². The summed E-state index contributed by atoms with van der Waals surface area (Å²) in [6.07, 6.45) is 9.64. The third-order valence-electron chi connectivity index (χ3n) is 6.71. The van der Waals surface area contributed by atoms with E-state index < -0.39 is 0 Å². The first-order chi connectivity index (χ1) is 13.1. The number of hydrogen-bond acceptors (Lipinski definition) is 6. The molecule has 1 spiro atoms. The van der Waals surface area contributed by atoms with Crippen molar-refractivity contribution in [2.75, 3.05) is 18.5 Å². The van der Waals surface area contributed by atoms with Crippen LogP contribution in [0.15, 0.2) is 10.7 Å². The quantitative estimate of drug-likeness (QED) is 0.683. The topological polar surface area (TPSA) is 91.7 Å². The molecule has 8 heteroatoms. The number of nitrogens with one attached hydrogen (secondary N) is 1. The van der Waals surface area contributed by atoms with Gasteiger partial charge in [0.05, 0.1) is 28.5 Å². The number of nitrogens with two attached hydrogens (primary N) is 1. The van der Waals surface area contributed by atoms with Gasteiger partial charge in [-0.15, -0.1) is 0 Å². The Labute approximate surface area is 167 Å². The minimum absolute atomic E-state index is 0.0357. The molecule has 4 N–H and O–H groups in total. The monoisotopic (exact) mass is 434 g/mol. The van der Waals surface area contributed by atoms with Gasteiger partial charge in [0, 0.05) is 30.7 Å². The largest absolute Gasteiger partial charge is 0.395 e. The first kappa shape index (κ1) is 17.8. The number of rotatable bonds is 4. The van der Waals surface area contributed by atoms with Crippen molar-refractivity contribution in [1.82, 2.24) is 19.5 Å². The predicted octanol–water partition coefficient (Wildman–Crippen LogP) is 2.36. The van der Waals surface area contributed by atoms with Crippen LogP contribution in [0.25, 0.3) is 5.65 Å². The van der Waals surface area contributed by atoms with Crippen LogP contribution in [-0.2, 0) is 12.1 Å². The molecule has 146 valence electrons. The molecule has 2 atom stereocenters. The highest BCUT2D eigenvalue weighted by atomic mass is 79.9. The number of nitrogens with zero attached hydrogens (tertiary/aromatic N) is 4. The fraction of sp³-hybridized carbons (Fsp3) is 0.684. The molecule has 2 saturated carbocycles. The number of anilines is 1. The Balaban J connectivity index is 1.65. The van der Waals surface area contributed by atoms with Crippen LogP contribution >= 0.6 is 15.9 Å². The molecule has 27 heavy (non-hydrogen) atoms. The molecule has 2 aromatic rings. The number of fused-ring (bicyclic) bond motifs is 3. The zero-order valence-electron chi connectivity index (χ0n) is 15.5. The Morgan fingerprint density at radius 2 is 2.15 bits per heavy atom. The Morgan fingerprint density at radius 1 is 1.33 bits per heavy atom. The van der Waals surface area contributed by atoms with E-state index in [1.165, 1.54) is 24.1 Å². The predicted molar refractivity (Wildman–Crippen MR) is 108 cm³/mol. The third-order valence-corrected chi connectivity index (χ3v) is 7.27. The normalized spacial score (nSPS) is 27.1. The lowest BCUT2D eigenvalue weighted by Gasteiger charge is -2.34. The van der Waals surface area contributed by atoms with Gasteiger partial charge in [0.2, 0.25) is 0 Å². The van der Waals surface area contributed by atoms with Crippen molar-refractivity contribution < 1.29 is 5.11 Å². The summed E-state index contributed by atoms with van der Waals surface area (Å²) in [6.45, 7) is 1.68. The number of halogens is 1. The average molecular weight is 435 g/mol. The van der Waals surface area contributed by atoms with Crippen LogP contribution in [0.3, 0.4) is 0 Å². The molecule has 2 aromatic heterocycles. The molecule has 0 saturated heterocycles. The summed E-state index contributed by atoms with van der Waals surface area (Å²) in [6, 6.07) is 0.661. The summed E-state index contributed by atoms with van der Waals surface area (Å²) in [5.74, 6) is 1.06. The molecule has 0 bridgehead atoms. The van der Waals surface area contributed by atoms with Crippen LogP contribution in [-0.4, -0.2) is 49.8 Å². The van der Waals surface area contributed by atoms with Gasteiger partial charge >= 0.3 is 0 Å². The van der Waals surface area contributed by atoms with Crippen LogP contribution in [0.1, 0.15) is 56.2 Å². The number of β-amino-alcohol motifs (C(OH)–C–C–N with tert-alkyl or cyclic N) is 1. The molecule has 2 aliphatic carbocycles. The molecule has 0 amide bonds. The summed E-state index contributed by atoms with van der Waals surface area (Å²) in [5.41, 5.74) is 9.41. The second-order valence-corrected chi connectivity index (χ2v) is 9.17. The van der Waals surface area contributed by atoms with Crippen molar-refractivity contribution in [3.8, 4) is 0 Å². The van der Waals surface area contributed by atoms with E-state index in [1.807, 2.05) is 10.7 Å². The fourth-order valence-electron chi connectivity index (χ4n) is 5.44. The summed E-state index contributed by atoms with van der Waals surface area (Å²) >= 11 is 3.63. The van der Waals surface area contributed by atoms with E-state index in [2.05, 4.69) is 31.2 Å². The second kappa shape index (κ2) is 6.69. The van der Waals surface area contributed by atoms with E-state index in [9.17, 15) is 5.11 Å². The lowest BCUT2D eigenvalue weighted by atomic mass is 9.92. The highest BCUT2D eigenvalue weighted by molar-refractivity contribution is 9.10. The smallest absolute Gasteiger partial charge is 0.172 e. The van der Waals surface area contributed by atoms with Gasteiger partial charge in [-0.25, -0.2) is 4.98 Å². The Hall–Kier alpha value is -1.22. The van der Waals surface area contributed by atoms with E-state index in [0.29, 0.717) is 12.6 Å². The maximum Gasteiger partial charge on any atom is 0.172 e. The first-order valence-electron chi connectivity index (χ1n) is 10.1. The minimum Gasteiger partial charge on any atom is -0.395 e.